The summed E-state index contributed by atoms with van der Waals surface area (Å²) in [4.78, 5) is 14.8. The number of fused-ring (bicyclic) bond motifs is 1. The summed E-state index contributed by atoms with van der Waals surface area (Å²) < 4.78 is 14.1. The van der Waals surface area contributed by atoms with E-state index in [1.807, 2.05) is 23.2 Å². The molecule has 7 nitrogen and oxygen atoms in total. The van der Waals surface area contributed by atoms with Crippen LogP contribution in [0, 0.1) is 11.7 Å². The second kappa shape index (κ2) is 7.72. The number of nitrogens with one attached hydrogen (secondary N) is 1. The van der Waals surface area contributed by atoms with Gasteiger partial charge in [-0.05, 0) is 25.5 Å². The Balaban J connectivity index is 0.00000225. The summed E-state index contributed by atoms with van der Waals surface area (Å²) in [6.45, 7) is 4.33. The lowest BCUT2D eigenvalue weighted by atomic mass is 9.82. The van der Waals surface area contributed by atoms with Gasteiger partial charge in [0.1, 0.15) is 16.8 Å². The number of rotatable bonds is 3. The largest absolute Gasteiger partial charge is 0.384 e. The molecule has 4 N–H and O–H groups in total. The van der Waals surface area contributed by atoms with E-state index in [-0.39, 0.29) is 35.1 Å². The van der Waals surface area contributed by atoms with E-state index in [0.29, 0.717) is 19.0 Å². The number of halogens is 2. The third kappa shape index (κ3) is 3.69. The van der Waals surface area contributed by atoms with Crippen LogP contribution in [0.2, 0.25) is 0 Å². The maximum Gasteiger partial charge on any atom is 0.225 e. The molecule has 0 aromatic carbocycles. The van der Waals surface area contributed by atoms with Gasteiger partial charge in [0.2, 0.25) is 5.95 Å². The number of thioether (sulfide) groups is 1. The Kier molecular flexibility index (Phi) is 5.84. The van der Waals surface area contributed by atoms with Crippen molar-refractivity contribution in [2.24, 2.45) is 11.7 Å². The van der Waals surface area contributed by atoms with Crippen molar-refractivity contribution in [2.75, 3.05) is 23.7 Å². The summed E-state index contributed by atoms with van der Waals surface area (Å²) >= 11 is 1.67. The van der Waals surface area contributed by atoms with Gasteiger partial charge in [-0.3, -0.25) is 10.3 Å². The molecule has 1 unspecified atom stereocenters. The highest BCUT2D eigenvalue weighted by Gasteiger charge is 2.51. The maximum atomic E-state index is 14.1. The monoisotopic (exact) mass is 426 g/mol. The topological polar surface area (TPSA) is 100 Å². The number of aromatic nitrogens is 3. The predicted octanol–water partition coefficient (Wildman–Crippen LogP) is 1.57. The van der Waals surface area contributed by atoms with Gasteiger partial charge < -0.3 is 15.7 Å². The van der Waals surface area contributed by atoms with Crippen molar-refractivity contribution >= 4 is 30.1 Å². The molecular weight excluding hydrogens is 403 g/mol. The van der Waals surface area contributed by atoms with Crippen molar-refractivity contribution in [1.82, 2.24) is 20.3 Å². The van der Waals surface area contributed by atoms with Crippen molar-refractivity contribution in [3.63, 3.8) is 0 Å². The van der Waals surface area contributed by atoms with E-state index in [9.17, 15) is 9.50 Å². The number of aliphatic hydroxyl groups is 1. The minimum Gasteiger partial charge on any atom is -0.384 e. The number of anilines is 1. The van der Waals surface area contributed by atoms with Crippen LogP contribution < -0.4 is 16.0 Å². The minimum atomic E-state index is -1.38. The number of hydrogen-bond donors (Lipinski definition) is 3. The first kappa shape index (κ1) is 21.2. The van der Waals surface area contributed by atoms with Crippen molar-refractivity contribution in [3.8, 4) is 0 Å². The predicted molar refractivity (Wildman–Crippen MR) is 110 cm³/mol. The zero-order valence-corrected chi connectivity index (χ0v) is 17.3. The van der Waals surface area contributed by atoms with Crippen LogP contribution in [0.4, 0.5) is 10.3 Å². The summed E-state index contributed by atoms with van der Waals surface area (Å²) in [5.74, 6) is 0.955. The third-order valence-electron chi connectivity index (χ3n) is 5.23. The van der Waals surface area contributed by atoms with Crippen LogP contribution in [0.25, 0.3) is 0 Å². The molecule has 2 aromatic rings. The molecule has 2 aliphatic rings. The zero-order valence-electron chi connectivity index (χ0n) is 15.7. The number of nitrogens with two attached hydrogens (primary N) is 1. The lowest BCUT2D eigenvalue weighted by molar-refractivity contribution is 0.0693. The average molecular weight is 427 g/mol. The van der Waals surface area contributed by atoms with E-state index in [4.69, 9.17) is 5.73 Å². The van der Waals surface area contributed by atoms with Crippen molar-refractivity contribution < 1.29 is 9.50 Å². The van der Waals surface area contributed by atoms with Gasteiger partial charge >= 0.3 is 0 Å². The Morgan fingerprint density at radius 3 is 2.89 bits per heavy atom. The van der Waals surface area contributed by atoms with Gasteiger partial charge in [-0.15, -0.1) is 24.2 Å². The molecular formula is C18H24ClFN6OS. The number of hydrogen-bond acceptors (Lipinski definition) is 8. The van der Waals surface area contributed by atoms with Gasteiger partial charge in [-0.2, -0.15) is 0 Å². The molecule has 0 saturated carbocycles. The Morgan fingerprint density at radius 2 is 2.21 bits per heavy atom. The lowest BCUT2D eigenvalue weighted by Crippen LogP contribution is -2.59. The van der Waals surface area contributed by atoms with Gasteiger partial charge in [0.15, 0.2) is 5.82 Å². The van der Waals surface area contributed by atoms with Crippen LogP contribution >= 0.6 is 24.2 Å². The maximum absolute atomic E-state index is 14.1. The summed E-state index contributed by atoms with van der Waals surface area (Å²) in [5, 5.41) is 13.8. The minimum absolute atomic E-state index is 0. The summed E-state index contributed by atoms with van der Waals surface area (Å²) in [5.41, 5.74) is 5.33. The van der Waals surface area contributed by atoms with Crippen molar-refractivity contribution in [2.45, 2.75) is 30.5 Å². The van der Waals surface area contributed by atoms with Gasteiger partial charge in [-0.1, -0.05) is 6.07 Å². The highest BCUT2D eigenvalue weighted by atomic mass is 35.5. The second-order valence-electron chi connectivity index (χ2n) is 7.61. The molecule has 0 bridgehead atoms. The molecule has 0 spiro atoms. The number of pyridine rings is 1. The van der Waals surface area contributed by atoms with Gasteiger partial charge in [0, 0.05) is 37.2 Å². The molecule has 4 heterocycles. The Morgan fingerprint density at radius 1 is 1.43 bits per heavy atom. The van der Waals surface area contributed by atoms with E-state index in [1.54, 1.807) is 18.0 Å². The zero-order chi connectivity index (χ0) is 19.2. The molecule has 0 amide bonds. The summed E-state index contributed by atoms with van der Waals surface area (Å²) in [6, 6.07) is 3.96. The fourth-order valence-corrected chi connectivity index (χ4v) is 5.04. The van der Waals surface area contributed by atoms with Crippen LogP contribution in [0.15, 0.2) is 30.7 Å². The molecule has 28 heavy (non-hydrogen) atoms. The van der Waals surface area contributed by atoms with Crippen LogP contribution in [0.5, 0.6) is 0 Å². The highest BCUT2D eigenvalue weighted by Crippen LogP contribution is 2.43. The van der Waals surface area contributed by atoms with Gasteiger partial charge in [-0.25, -0.2) is 14.4 Å². The van der Waals surface area contributed by atoms with Crippen molar-refractivity contribution in [3.05, 3.63) is 47.8 Å². The average Bonchev–Trinajstić information content (AvgIpc) is 3.02. The van der Waals surface area contributed by atoms with E-state index in [1.165, 1.54) is 13.8 Å². The second-order valence-corrected chi connectivity index (χ2v) is 8.79. The molecule has 0 radical (unpaired) electrons. The van der Waals surface area contributed by atoms with E-state index in [2.05, 4.69) is 20.3 Å². The molecule has 2 aliphatic heterocycles. The van der Waals surface area contributed by atoms with E-state index in [0.717, 1.165) is 17.5 Å². The lowest BCUT2D eigenvalue weighted by Gasteiger charge is -2.42. The van der Waals surface area contributed by atoms with Crippen LogP contribution in [0.1, 0.15) is 25.1 Å². The summed E-state index contributed by atoms with van der Waals surface area (Å²) in [7, 11) is 0. The van der Waals surface area contributed by atoms with E-state index < -0.39 is 11.4 Å². The molecule has 2 aromatic heterocycles. The van der Waals surface area contributed by atoms with Gasteiger partial charge in [0.25, 0.3) is 0 Å². The fraction of sp³-hybridized carbons (Fsp3) is 0.500. The van der Waals surface area contributed by atoms with Crippen LogP contribution in [-0.4, -0.2) is 44.4 Å². The first-order valence-electron chi connectivity index (χ1n) is 8.85. The normalized spacial score (nSPS) is 27.2. The smallest absolute Gasteiger partial charge is 0.225 e. The first-order valence-corrected chi connectivity index (χ1v) is 9.90. The molecule has 4 rings (SSSR count). The van der Waals surface area contributed by atoms with Gasteiger partial charge in [0.05, 0.1) is 11.7 Å². The van der Waals surface area contributed by atoms with Crippen LogP contribution in [-0.2, 0) is 11.1 Å². The standard InChI is InChI=1S/C18H23FN6OS.ClH/c1-17(2,26)14-13(19)7-22-16(23-14)25-8-12-9-27-15(20)24-18(12,10-25)11-4-3-5-21-6-11;/h3-7,12,15,24,26H,8-10,20H2,1-2H3;1H/t12-,15?,18+;/m0./s1. The third-order valence-corrected chi connectivity index (χ3v) is 6.30. The summed E-state index contributed by atoms with van der Waals surface area (Å²) in [6.07, 6.45) is 4.74. The quantitative estimate of drug-likeness (QED) is 0.680. The van der Waals surface area contributed by atoms with E-state index >= 15 is 0 Å². The molecule has 0 aliphatic carbocycles. The molecule has 152 valence electrons. The molecule has 3 atom stereocenters. The Labute approximate surface area is 173 Å². The Bertz CT molecular complexity index is 839. The number of nitrogens with zero attached hydrogens (tertiary/aromatic N) is 4. The fourth-order valence-electron chi connectivity index (χ4n) is 3.92. The highest BCUT2D eigenvalue weighted by molar-refractivity contribution is 7.99. The SMILES string of the molecule is CC(C)(O)c1nc(N2C[C@H]3CSC(N)N[C@@]3(c3cccnc3)C2)ncc1F.Cl. The molecule has 2 saturated heterocycles. The van der Waals surface area contributed by atoms with Crippen LogP contribution in [0.3, 0.4) is 0 Å². The first-order chi connectivity index (χ1) is 12.8. The molecule has 2 fully saturated rings. The Hall–Kier alpha value is -1.52. The molecule has 10 heteroatoms. The van der Waals surface area contributed by atoms with Crippen molar-refractivity contribution in [1.29, 1.82) is 0 Å².